The fourth-order valence-corrected chi connectivity index (χ4v) is 5.72. The lowest BCUT2D eigenvalue weighted by molar-refractivity contribution is 0.0521. The summed E-state index contributed by atoms with van der Waals surface area (Å²) in [5.74, 6) is 1.77. The number of aromatic nitrogens is 3. The standard InChI is InChI=1S/C31H37N7/c1-32-28-35-27(36-29(37-28)34-26-17-11-6-12-18-26)23-33-30(24-13-7-4-8-14-24)19-21-31(22-20-30,38(2)3)25-15-9-5-10-16-25/h4-18,33H,19-23H2,1-3H3,(H2,32,34,35,36,37). The van der Waals surface area contributed by atoms with E-state index in [9.17, 15) is 0 Å². The maximum atomic E-state index is 4.75. The average molecular weight is 508 g/mol. The van der Waals surface area contributed by atoms with Crippen molar-refractivity contribution in [3.63, 3.8) is 0 Å². The maximum Gasteiger partial charge on any atom is 0.232 e. The first kappa shape index (κ1) is 25.8. The highest BCUT2D eigenvalue weighted by atomic mass is 15.2. The minimum atomic E-state index is -0.172. The largest absolute Gasteiger partial charge is 0.357 e. The molecule has 3 aromatic carbocycles. The Morgan fingerprint density at radius 2 is 1.24 bits per heavy atom. The Morgan fingerprint density at radius 3 is 1.82 bits per heavy atom. The Balaban J connectivity index is 1.41. The summed E-state index contributed by atoms with van der Waals surface area (Å²) < 4.78 is 0. The first-order valence-corrected chi connectivity index (χ1v) is 13.3. The van der Waals surface area contributed by atoms with Gasteiger partial charge in [-0.2, -0.15) is 15.0 Å². The van der Waals surface area contributed by atoms with E-state index in [0.717, 1.165) is 31.4 Å². The molecule has 1 saturated carbocycles. The molecule has 0 aliphatic heterocycles. The van der Waals surface area contributed by atoms with Gasteiger partial charge >= 0.3 is 0 Å². The molecule has 0 amide bonds. The molecule has 1 aliphatic rings. The third-order valence-electron chi connectivity index (χ3n) is 7.94. The molecule has 0 saturated heterocycles. The van der Waals surface area contributed by atoms with Gasteiger partial charge in [-0.15, -0.1) is 0 Å². The van der Waals surface area contributed by atoms with Gasteiger partial charge in [-0.3, -0.25) is 4.90 Å². The van der Waals surface area contributed by atoms with Gasteiger partial charge in [0.25, 0.3) is 0 Å². The van der Waals surface area contributed by atoms with E-state index in [4.69, 9.17) is 4.98 Å². The topological polar surface area (TPSA) is 78.0 Å². The number of hydrogen-bond donors (Lipinski definition) is 3. The highest BCUT2D eigenvalue weighted by Gasteiger charge is 2.45. The highest BCUT2D eigenvalue weighted by Crippen LogP contribution is 2.48. The smallest absolute Gasteiger partial charge is 0.232 e. The van der Waals surface area contributed by atoms with Crippen LogP contribution in [-0.4, -0.2) is 41.0 Å². The van der Waals surface area contributed by atoms with E-state index in [0.29, 0.717) is 24.3 Å². The first-order valence-electron chi connectivity index (χ1n) is 13.3. The fraction of sp³-hybridized carbons (Fsp3) is 0.323. The Labute approximate surface area is 225 Å². The van der Waals surface area contributed by atoms with Crippen LogP contribution in [0.15, 0.2) is 91.0 Å². The summed E-state index contributed by atoms with van der Waals surface area (Å²) >= 11 is 0. The molecule has 7 heteroatoms. The maximum absolute atomic E-state index is 4.75. The highest BCUT2D eigenvalue weighted by molar-refractivity contribution is 5.53. The number of para-hydroxylation sites is 1. The first-order chi connectivity index (χ1) is 18.5. The van der Waals surface area contributed by atoms with Crippen LogP contribution in [0.25, 0.3) is 0 Å². The number of anilines is 3. The van der Waals surface area contributed by atoms with E-state index >= 15 is 0 Å². The van der Waals surface area contributed by atoms with Crippen molar-refractivity contribution in [3.8, 4) is 0 Å². The molecule has 0 spiro atoms. The Morgan fingerprint density at radius 1 is 0.684 bits per heavy atom. The predicted molar refractivity (Wildman–Crippen MR) is 154 cm³/mol. The summed E-state index contributed by atoms with van der Waals surface area (Å²) in [5, 5.41) is 10.3. The van der Waals surface area contributed by atoms with E-state index in [-0.39, 0.29) is 11.1 Å². The van der Waals surface area contributed by atoms with Gasteiger partial charge in [0.15, 0.2) is 0 Å². The molecule has 1 aliphatic carbocycles. The molecule has 0 atom stereocenters. The van der Waals surface area contributed by atoms with Gasteiger partial charge in [0.1, 0.15) is 5.82 Å². The molecule has 4 aromatic rings. The minimum absolute atomic E-state index is 0.0143. The van der Waals surface area contributed by atoms with Gasteiger partial charge in [0.2, 0.25) is 11.9 Å². The van der Waals surface area contributed by atoms with Crippen LogP contribution in [-0.2, 0) is 17.6 Å². The zero-order chi connectivity index (χ0) is 26.4. The molecule has 0 bridgehead atoms. The van der Waals surface area contributed by atoms with Crippen LogP contribution in [0.2, 0.25) is 0 Å². The summed E-state index contributed by atoms with van der Waals surface area (Å²) in [6.07, 6.45) is 4.10. The molecule has 1 aromatic heterocycles. The molecular formula is C31H37N7. The molecule has 0 unspecified atom stereocenters. The van der Waals surface area contributed by atoms with Crippen molar-refractivity contribution in [2.75, 3.05) is 31.8 Å². The molecule has 1 heterocycles. The Kier molecular flexibility index (Phi) is 7.67. The van der Waals surface area contributed by atoms with E-state index in [1.165, 1.54) is 11.1 Å². The van der Waals surface area contributed by atoms with Crippen molar-refractivity contribution in [1.82, 2.24) is 25.2 Å². The third kappa shape index (κ3) is 5.39. The van der Waals surface area contributed by atoms with Gasteiger partial charge in [0.05, 0.1) is 6.54 Å². The lowest BCUT2D eigenvalue weighted by atomic mass is 9.66. The molecule has 0 radical (unpaired) electrons. The van der Waals surface area contributed by atoms with Crippen LogP contribution < -0.4 is 16.0 Å². The summed E-state index contributed by atoms with van der Waals surface area (Å²) in [6.45, 7) is 0.538. The summed E-state index contributed by atoms with van der Waals surface area (Å²) in [6, 6.07) is 31.7. The van der Waals surface area contributed by atoms with Gasteiger partial charge in [-0.1, -0.05) is 78.9 Å². The Bertz CT molecular complexity index is 1300. The van der Waals surface area contributed by atoms with E-state index in [1.807, 2.05) is 37.4 Å². The predicted octanol–water partition coefficient (Wildman–Crippen LogP) is 5.67. The molecule has 196 valence electrons. The summed E-state index contributed by atoms with van der Waals surface area (Å²) in [7, 11) is 6.25. The van der Waals surface area contributed by atoms with Crippen molar-refractivity contribution in [2.45, 2.75) is 43.3 Å². The number of nitrogens with zero attached hydrogens (tertiary/aromatic N) is 4. The molecule has 1 fully saturated rings. The van der Waals surface area contributed by atoms with Crippen LogP contribution in [0.4, 0.5) is 17.6 Å². The summed E-state index contributed by atoms with van der Waals surface area (Å²) in [4.78, 5) is 16.3. The normalized spacial score (nSPS) is 21.3. The van der Waals surface area contributed by atoms with Gasteiger partial charge in [0, 0.05) is 23.8 Å². The van der Waals surface area contributed by atoms with Crippen molar-refractivity contribution in [2.24, 2.45) is 0 Å². The lowest BCUT2D eigenvalue weighted by Gasteiger charge is -2.50. The van der Waals surface area contributed by atoms with E-state index in [2.05, 4.69) is 106 Å². The second-order valence-corrected chi connectivity index (χ2v) is 10.2. The minimum Gasteiger partial charge on any atom is -0.357 e. The van der Waals surface area contributed by atoms with Crippen LogP contribution in [0.5, 0.6) is 0 Å². The van der Waals surface area contributed by atoms with Gasteiger partial charge < -0.3 is 16.0 Å². The second-order valence-electron chi connectivity index (χ2n) is 10.2. The molecule has 7 nitrogen and oxygen atoms in total. The fourth-order valence-electron chi connectivity index (χ4n) is 5.72. The van der Waals surface area contributed by atoms with Gasteiger partial charge in [-0.05, 0) is 63.0 Å². The quantitative estimate of drug-likeness (QED) is 0.269. The Hall–Kier alpha value is -3.81. The zero-order valence-corrected chi connectivity index (χ0v) is 22.5. The molecule has 5 rings (SSSR count). The van der Waals surface area contributed by atoms with Crippen molar-refractivity contribution >= 4 is 17.6 Å². The number of benzene rings is 3. The number of nitrogens with one attached hydrogen (secondary N) is 3. The van der Waals surface area contributed by atoms with Crippen LogP contribution in [0.1, 0.15) is 42.6 Å². The van der Waals surface area contributed by atoms with Crippen molar-refractivity contribution < 1.29 is 0 Å². The zero-order valence-electron chi connectivity index (χ0n) is 22.5. The summed E-state index contributed by atoms with van der Waals surface area (Å²) in [5.41, 5.74) is 3.48. The van der Waals surface area contributed by atoms with Gasteiger partial charge in [-0.25, -0.2) is 0 Å². The van der Waals surface area contributed by atoms with Crippen LogP contribution in [0.3, 0.4) is 0 Å². The van der Waals surface area contributed by atoms with E-state index in [1.54, 1.807) is 0 Å². The number of rotatable bonds is 9. The molecule has 38 heavy (non-hydrogen) atoms. The lowest BCUT2D eigenvalue weighted by Crippen LogP contribution is -2.52. The monoisotopic (exact) mass is 507 g/mol. The van der Waals surface area contributed by atoms with Crippen molar-refractivity contribution in [1.29, 1.82) is 0 Å². The molecular weight excluding hydrogens is 470 g/mol. The SMILES string of the molecule is CNc1nc(CNC2(c3ccccc3)CCC(c3ccccc3)(N(C)C)CC2)nc(Nc2ccccc2)n1. The number of hydrogen-bond acceptors (Lipinski definition) is 7. The average Bonchev–Trinajstić information content (AvgIpc) is 2.97. The second kappa shape index (κ2) is 11.3. The van der Waals surface area contributed by atoms with Crippen molar-refractivity contribution in [3.05, 3.63) is 108 Å². The van der Waals surface area contributed by atoms with Crippen LogP contribution >= 0.6 is 0 Å². The third-order valence-corrected chi connectivity index (χ3v) is 7.94. The van der Waals surface area contributed by atoms with Crippen LogP contribution in [0, 0.1) is 0 Å². The molecule has 3 N–H and O–H groups in total. The van der Waals surface area contributed by atoms with E-state index < -0.39 is 0 Å².